The summed E-state index contributed by atoms with van der Waals surface area (Å²) in [6.07, 6.45) is 2.32. The lowest BCUT2D eigenvalue weighted by Gasteiger charge is -2.15. The van der Waals surface area contributed by atoms with Crippen LogP contribution in [0.15, 0.2) is 30.3 Å². The van der Waals surface area contributed by atoms with Crippen molar-refractivity contribution in [3.05, 3.63) is 35.9 Å². The highest BCUT2D eigenvalue weighted by Crippen LogP contribution is 2.08. The van der Waals surface area contributed by atoms with Gasteiger partial charge in [-0.1, -0.05) is 50.1 Å². The van der Waals surface area contributed by atoms with Crippen LogP contribution in [0.25, 0.3) is 0 Å². The average molecular weight is 283 g/mol. The van der Waals surface area contributed by atoms with Gasteiger partial charge in [0, 0.05) is 0 Å². The number of carbonyl (C=O) groups excluding carboxylic acids is 1. The van der Waals surface area contributed by atoms with E-state index in [0.29, 0.717) is 12.0 Å². The van der Waals surface area contributed by atoms with Crippen molar-refractivity contribution in [2.24, 2.45) is 0 Å². The molecule has 1 rings (SSSR count). The molecule has 0 radical (unpaired) electrons. The molecule has 1 aromatic carbocycles. The molecule has 1 unspecified atom stereocenters. The number of hydrogen-bond donors (Lipinski definition) is 1. The topological polar surface area (TPSA) is 63.2 Å². The Balaban J connectivity index is 2.69. The third-order valence-electron chi connectivity index (χ3n) is 2.86. The monoisotopic (exact) mass is 283 g/mol. The molecule has 5 heteroatoms. The van der Waals surface area contributed by atoms with E-state index in [-0.39, 0.29) is 11.5 Å². The van der Waals surface area contributed by atoms with Crippen LogP contribution in [0, 0.1) is 0 Å². The number of sulfonamides is 1. The van der Waals surface area contributed by atoms with Crippen molar-refractivity contribution in [1.29, 1.82) is 0 Å². The SMILES string of the molecule is CCCCC(NS(=O)(=O)Cc1ccccc1)C(C)=O. The van der Waals surface area contributed by atoms with Gasteiger partial charge in [0.1, 0.15) is 5.78 Å². The molecule has 0 aliphatic carbocycles. The summed E-state index contributed by atoms with van der Waals surface area (Å²) >= 11 is 0. The average Bonchev–Trinajstić information content (AvgIpc) is 2.34. The van der Waals surface area contributed by atoms with Crippen molar-refractivity contribution in [3.63, 3.8) is 0 Å². The molecule has 0 fully saturated rings. The molecule has 19 heavy (non-hydrogen) atoms. The number of carbonyl (C=O) groups is 1. The molecule has 0 aliphatic heterocycles. The molecule has 0 saturated heterocycles. The first-order valence-corrected chi connectivity index (χ1v) is 8.14. The molecule has 1 atom stereocenters. The highest BCUT2D eigenvalue weighted by molar-refractivity contribution is 7.88. The molecular formula is C14H21NO3S. The summed E-state index contributed by atoms with van der Waals surface area (Å²) in [5.41, 5.74) is 0.716. The fourth-order valence-electron chi connectivity index (χ4n) is 1.81. The van der Waals surface area contributed by atoms with Crippen LogP contribution < -0.4 is 4.72 Å². The van der Waals surface area contributed by atoms with E-state index >= 15 is 0 Å². The van der Waals surface area contributed by atoms with Crippen LogP contribution in [0.1, 0.15) is 38.7 Å². The van der Waals surface area contributed by atoms with E-state index in [2.05, 4.69) is 4.72 Å². The summed E-state index contributed by atoms with van der Waals surface area (Å²) in [5.74, 6) is -0.228. The van der Waals surface area contributed by atoms with Crippen molar-refractivity contribution >= 4 is 15.8 Å². The van der Waals surface area contributed by atoms with Gasteiger partial charge in [0.05, 0.1) is 11.8 Å². The summed E-state index contributed by atoms with van der Waals surface area (Å²) in [6.45, 7) is 3.43. The minimum absolute atomic E-state index is 0.0935. The number of ketones is 1. The highest BCUT2D eigenvalue weighted by atomic mass is 32.2. The van der Waals surface area contributed by atoms with Gasteiger partial charge in [-0.25, -0.2) is 13.1 Å². The highest BCUT2D eigenvalue weighted by Gasteiger charge is 2.21. The first-order valence-electron chi connectivity index (χ1n) is 6.49. The minimum Gasteiger partial charge on any atom is -0.298 e. The predicted octanol–water partition coefficient (Wildman–Crippen LogP) is 2.25. The quantitative estimate of drug-likeness (QED) is 0.796. The molecule has 0 heterocycles. The zero-order chi connectivity index (χ0) is 14.3. The Morgan fingerprint density at radius 3 is 2.42 bits per heavy atom. The third kappa shape index (κ3) is 5.98. The summed E-state index contributed by atoms with van der Waals surface area (Å²) in [6, 6.07) is 8.34. The number of benzene rings is 1. The fourth-order valence-corrected chi connectivity index (χ4v) is 3.24. The third-order valence-corrected chi connectivity index (χ3v) is 4.22. The first-order chi connectivity index (χ1) is 8.94. The van der Waals surface area contributed by atoms with Crippen molar-refractivity contribution in [2.45, 2.75) is 44.9 Å². The second kappa shape index (κ2) is 7.40. The van der Waals surface area contributed by atoms with Gasteiger partial charge in [0.15, 0.2) is 0 Å². The molecular weight excluding hydrogens is 262 g/mol. The van der Waals surface area contributed by atoms with Gasteiger partial charge in [0.25, 0.3) is 0 Å². The molecule has 1 aromatic rings. The smallest absolute Gasteiger partial charge is 0.216 e. The first kappa shape index (κ1) is 15.9. The van der Waals surface area contributed by atoms with Crippen molar-refractivity contribution in [1.82, 2.24) is 4.72 Å². The number of Topliss-reactive ketones (excluding diaryl/α,β-unsaturated/α-hetero) is 1. The summed E-state index contributed by atoms with van der Waals surface area (Å²) < 4.78 is 26.5. The van der Waals surface area contributed by atoms with E-state index in [1.807, 2.05) is 13.0 Å². The molecule has 4 nitrogen and oxygen atoms in total. The number of unbranched alkanes of at least 4 members (excludes halogenated alkanes) is 1. The lowest BCUT2D eigenvalue weighted by molar-refractivity contribution is -0.118. The van der Waals surface area contributed by atoms with Crippen molar-refractivity contribution < 1.29 is 13.2 Å². The normalized spacial score (nSPS) is 13.2. The summed E-state index contributed by atoms with van der Waals surface area (Å²) in [7, 11) is -3.48. The lowest BCUT2D eigenvalue weighted by Crippen LogP contribution is -2.40. The Morgan fingerprint density at radius 2 is 1.89 bits per heavy atom. The van der Waals surface area contributed by atoms with Crippen LogP contribution in [0.2, 0.25) is 0 Å². The van der Waals surface area contributed by atoms with Gasteiger partial charge in [-0.05, 0) is 18.9 Å². The van der Waals surface area contributed by atoms with Gasteiger partial charge in [-0.15, -0.1) is 0 Å². The Hall–Kier alpha value is -1.20. The second-order valence-corrected chi connectivity index (χ2v) is 6.42. The van der Waals surface area contributed by atoms with Gasteiger partial charge >= 0.3 is 0 Å². The Bertz CT molecular complexity index is 497. The largest absolute Gasteiger partial charge is 0.298 e. The van der Waals surface area contributed by atoms with Crippen molar-refractivity contribution in [2.75, 3.05) is 0 Å². The van der Waals surface area contributed by atoms with Crippen LogP contribution in [-0.4, -0.2) is 20.2 Å². The van der Waals surface area contributed by atoms with Gasteiger partial charge < -0.3 is 0 Å². The Labute approximate surface area is 115 Å². The fraction of sp³-hybridized carbons (Fsp3) is 0.500. The van der Waals surface area contributed by atoms with Crippen LogP contribution in [-0.2, 0) is 20.6 Å². The number of rotatable bonds is 8. The predicted molar refractivity (Wildman–Crippen MR) is 76.2 cm³/mol. The standard InChI is InChI=1S/C14H21NO3S/c1-3-4-10-14(12(2)16)15-19(17,18)11-13-8-6-5-7-9-13/h5-9,14-15H,3-4,10-11H2,1-2H3. The van der Waals surface area contributed by atoms with Gasteiger partial charge in [-0.3, -0.25) is 4.79 Å². The molecule has 0 bridgehead atoms. The van der Waals surface area contributed by atoms with E-state index in [1.54, 1.807) is 24.3 Å². The van der Waals surface area contributed by atoms with E-state index < -0.39 is 16.1 Å². The molecule has 106 valence electrons. The maximum atomic E-state index is 12.0. The molecule has 0 saturated carbocycles. The second-order valence-electron chi connectivity index (χ2n) is 4.67. The minimum atomic E-state index is -3.48. The van der Waals surface area contributed by atoms with Crippen LogP contribution in [0.4, 0.5) is 0 Å². The van der Waals surface area contributed by atoms with Crippen molar-refractivity contribution in [3.8, 4) is 0 Å². The van der Waals surface area contributed by atoms with Crippen LogP contribution in [0.5, 0.6) is 0 Å². The Morgan fingerprint density at radius 1 is 1.26 bits per heavy atom. The lowest BCUT2D eigenvalue weighted by atomic mass is 10.1. The molecule has 0 spiro atoms. The van der Waals surface area contributed by atoms with E-state index in [0.717, 1.165) is 12.8 Å². The molecule has 0 aliphatic rings. The van der Waals surface area contributed by atoms with E-state index in [9.17, 15) is 13.2 Å². The molecule has 0 amide bonds. The van der Waals surface area contributed by atoms with Gasteiger partial charge in [0.2, 0.25) is 10.0 Å². The van der Waals surface area contributed by atoms with E-state index in [1.165, 1.54) is 6.92 Å². The molecule has 1 N–H and O–H groups in total. The Kier molecular flexibility index (Phi) is 6.18. The van der Waals surface area contributed by atoms with Crippen LogP contribution in [0.3, 0.4) is 0 Å². The summed E-state index contributed by atoms with van der Waals surface area (Å²) in [5, 5.41) is 0. The van der Waals surface area contributed by atoms with E-state index in [4.69, 9.17) is 0 Å². The number of hydrogen-bond acceptors (Lipinski definition) is 3. The van der Waals surface area contributed by atoms with Crippen LogP contribution >= 0.6 is 0 Å². The zero-order valence-corrected chi connectivity index (χ0v) is 12.2. The zero-order valence-electron chi connectivity index (χ0n) is 11.4. The molecule has 0 aromatic heterocycles. The summed E-state index contributed by atoms with van der Waals surface area (Å²) in [4.78, 5) is 11.5. The van der Waals surface area contributed by atoms with Gasteiger partial charge in [-0.2, -0.15) is 0 Å². The maximum absolute atomic E-state index is 12.0. The maximum Gasteiger partial charge on any atom is 0.216 e. The number of nitrogens with one attached hydrogen (secondary N) is 1.